The van der Waals surface area contributed by atoms with E-state index in [0.29, 0.717) is 70.0 Å². The molecule has 0 aromatic carbocycles. The van der Waals surface area contributed by atoms with Gasteiger partial charge >= 0.3 is 6.09 Å². The Morgan fingerprint density at radius 3 is 2.38 bits per heavy atom. The molecule has 2 N–H and O–H groups in total. The molecule has 0 bridgehead atoms. The van der Waals surface area contributed by atoms with Crippen molar-refractivity contribution in [3.05, 3.63) is 0 Å². The smallest absolute Gasteiger partial charge is 0.413 e. The summed E-state index contributed by atoms with van der Waals surface area (Å²) in [6.45, 7) is 4.15. The second-order valence-corrected chi connectivity index (χ2v) is 11.3. The first-order valence-corrected chi connectivity index (χ1v) is 14.2. The van der Waals surface area contributed by atoms with E-state index in [-0.39, 0.29) is 7.33 Å². The summed E-state index contributed by atoms with van der Waals surface area (Å²) < 4.78 is 11.0. The van der Waals surface area contributed by atoms with Gasteiger partial charge in [0, 0.05) is 27.6 Å². The standard InChI is InChI=1S/C27H44N6O4.H2/c1-32-12-10-27(20-28,11-13-32)31-24(34)23(18-21-6-3-2-4-7-21)29-25(33-14-16-36-17-15-33)30-26(35)37-19-22-8-5-9-22;/h21-23H,2-19H2,1H3,(H,31,34)(H,29,30,35);1H/t23-;/m0./s1. The monoisotopic (exact) mass is 518 g/mol. The fraction of sp³-hybridized carbons (Fsp3) is 0.852. The Hall–Kier alpha value is -2.38. The Bertz CT molecular complexity index is 841. The summed E-state index contributed by atoms with van der Waals surface area (Å²) in [7, 11) is 2.03. The van der Waals surface area contributed by atoms with E-state index in [1.165, 1.54) is 25.7 Å². The predicted molar refractivity (Wildman–Crippen MR) is 142 cm³/mol. The van der Waals surface area contributed by atoms with E-state index in [9.17, 15) is 14.9 Å². The number of rotatable bonds is 7. The Labute approximate surface area is 222 Å². The van der Waals surface area contributed by atoms with Crippen molar-refractivity contribution in [1.82, 2.24) is 20.4 Å². The molecule has 2 amide bonds. The number of ether oxygens (including phenoxy) is 2. The zero-order chi connectivity index (χ0) is 26.1. The molecule has 4 rings (SSSR count). The first-order chi connectivity index (χ1) is 18.0. The first kappa shape index (κ1) is 27.6. The predicted octanol–water partition coefficient (Wildman–Crippen LogP) is 2.89. The zero-order valence-corrected chi connectivity index (χ0v) is 22.4. The topological polar surface area (TPSA) is 119 Å². The van der Waals surface area contributed by atoms with Crippen molar-refractivity contribution in [2.75, 3.05) is 53.0 Å². The number of morpholine rings is 1. The van der Waals surface area contributed by atoms with Crippen molar-refractivity contribution >= 4 is 18.0 Å². The van der Waals surface area contributed by atoms with Crippen LogP contribution in [0.25, 0.3) is 0 Å². The lowest BCUT2D eigenvalue weighted by Crippen LogP contribution is -2.56. The van der Waals surface area contributed by atoms with Gasteiger partial charge in [0.2, 0.25) is 11.9 Å². The normalized spacial score (nSPS) is 24.4. The van der Waals surface area contributed by atoms with E-state index < -0.39 is 17.7 Å². The lowest BCUT2D eigenvalue weighted by Gasteiger charge is -2.37. The van der Waals surface area contributed by atoms with Gasteiger partial charge in [0.25, 0.3) is 0 Å². The molecule has 4 fully saturated rings. The van der Waals surface area contributed by atoms with E-state index in [0.717, 1.165) is 38.8 Å². The van der Waals surface area contributed by atoms with Gasteiger partial charge in [-0.25, -0.2) is 9.79 Å². The Morgan fingerprint density at radius 2 is 1.76 bits per heavy atom. The molecule has 0 unspecified atom stereocenters. The summed E-state index contributed by atoms with van der Waals surface area (Å²) in [6.07, 6.45) is 10.4. The number of aliphatic imine (C=N–C) groups is 1. The second kappa shape index (κ2) is 13.4. The van der Waals surface area contributed by atoms with Crippen molar-refractivity contribution < 1.29 is 20.5 Å². The highest BCUT2D eigenvalue weighted by molar-refractivity contribution is 5.96. The summed E-state index contributed by atoms with van der Waals surface area (Å²) in [5.74, 6) is 0.982. The zero-order valence-electron chi connectivity index (χ0n) is 22.4. The first-order valence-electron chi connectivity index (χ1n) is 14.2. The molecule has 208 valence electrons. The van der Waals surface area contributed by atoms with E-state index in [1.807, 2.05) is 11.9 Å². The molecular formula is C27H46N6O4. The van der Waals surface area contributed by atoms with Gasteiger partial charge in [-0.15, -0.1) is 0 Å². The van der Waals surface area contributed by atoms with Gasteiger partial charge in [-0.2, -0.15) is 5.26 Å². The average molecular weight is 519 g/mol. The van der Waals surface area contributed by atoms with E-state index in [2.05, 4.69) is 21.6 Å². The minimum absolute atomic E-state index is 0. The number of carbonyl (C=O) groups excluding carboxylic acids is 2. The number of piperidine rings is 1. The third-order valence-corrected chi connectivity index (χ3v) is 8.48. The van der Waals surface area contributed by atoms with Crippen LogP contribution in [0.4, 0.5) is 4.79 Å². The number of nitrogens with one attached hydrogen (secondary N) is 2. The van der Waals surface area contributed by atoms with Gasteiger partial charge in [0.05, 0.1) is 25.9 Å². The number of amides is 2. The third kappa shape index (κ3) is 8.05. The van der Waals surface area contributed by atoms with Crippen molar-refractivity contribution in [2.45, 2.75) is 82.2 Å². The van der Waals surface area contributed by atoms with Crippen LogP contribution in [-0.4, -0.2) is 92.4 Å². The number of hydrogen-bond donors (Lipinski definition) is 2. The highest BCUT2D eigenvalue weighted by Gasteiger charge is 2.38. The van der Waals surface area contributed by atoms with Crippen LogP contribution < -0.4 is 10.6 Å². The molecule has 10 heteroatoms. The quantitative estimate of drug-likeness (QED) is 0.393. The average Bonchev–Trinajstić information content (AvgIpc) is 2.89. The van der Waals surface area contributed by atoms with Crippen LogP contribution in [0.2, 0.25) is 0 Å². The van der Waals surface area contributed by atoms with Gasteiger partial charge in [-0.05, 0) is 51.0 Å². The van der Waals surface area contributed by atoms with Crippen molar-refractivity contribution in [1.29, 1.82) is 5.26 Å². The van der Waals surface area contributed by atoms with E-state index in [4.69, 9.17) is 14.5 Å². The van der Waals surface area contributed by atoms with Crippen LogP contribution in [-0.2, 0) is 14.3 Å². The summed E-state index contributed by atoms with van der Waals surface area (Å²) in [5.41, 5.74) is -0.877. The highest BCUT2D eigenvalue weighted by atomic mass is 16.5. The lowest BCUT2D eigenvalue weighted by molar-refractivity contribution is -0.124. The minimum atomic E-state index is -0.877. The summed E-state index contributed by atoms with van der Waals surface area (Å²) >= 11 is 0. The van der Waals surface area contributed by atoms with Crippen molar-refractivity contribution in [2.24, 2.45) is 16.8 Å². The number of nitrogens with zero attached hydrogens (tertiary/aromatic N) is 4. The Kier molecular flexibility index (Phi) is 10.0. The molecule has 0 spiro atoms. The van der Waals surface area contributed by atoms with Gasteiger partial charge in [-0.3, -0.25) is 10.1 Å². The minimum Gasteiger partial charge on any atom is -0.449 e. The molecule has 2 heterocycles. The Morgan fingerprint density at radius 1 is 1.08 bits per heavy atom. The number of hydrogen-bond acceptors (Lipinski definition) is 7. The molecule has 10 nitrogen and oxygen atoms in total. The van der Waals surface area contributed by atoms with Crippen LogP contribution in [0, 0.1) is 23.2 Å². The van der Waals surface area contributed by atoms with E-state index in [1.54, 1.807) is 0 Å². The largest absolute Gasteiger partial charge is 0.449 e. The number of alkyl carbamates (subject to hydrolysis) is 1. The van der Waals surface area contributed by atoms with Gasteiger partial charge in [0.15, 0.2) is 0 Å². The second-order valence-electron chi connectivity index (χ2n) is 11.3. The van der Waals surface area contributed by atoms with Crippen molar-refractivity contribution in [3.8, 4) is 6.07 Å². The van der Waals surface area contributed by atoms with Gasteiger partial charge in [-0.1, -0.05) is 38.5 Å². The molecule has 2 aliphatic carbocycles. The fourth-order valence-electron chi connectivity index (χ4n) is 5.64. The SMILES string of the molecule is CN1CCC(C#N)(NC(=O)[C@H](CC2CCCCC2)N=C(NC(=O)OCC2CCC2)N2CCOCC2)CC1.[HH]. The van der Waals surface area contributed by atoms with Crippen LogP contribution in [0.3, 0.4) is 0 Å². The molecular weight excluding hydrogens is 472 g/mol. The van der Waals surface area contributed by atoms with Crippen LogP contribution >= 0.6 is 0 Å². The molecule has 4 aliphatic rings. The summed E-state index contributed by atoms with van der Waals surface area (Å²) in [4.78, 5) is 35.5. The third-order valence-electron chi connectivity index (χ3n) is 8.48. The van der Waals surface area contributed by atoms with Gasteiger partial charge < -0.3 is 24.6 Å². The highest BCUT2D eigenvalue weighted by Crippen LogP contribution is 2.29. The summed E-state index contributed by atoms with van der Waals surface area (Å²) in [5, 5.41) is 15.9. The molecule has 0 aromatic heterocycles. The molecule has 37 heavy (non-hydrogen) atoms. The molecule has 0 aromatic rings. The lowest BCUT2D eigenvalue weighted by atomic mass is 9.84. The van der Waals surface area contributed by atoms with Gasteiger partial charge in [0.1, 0.15) is 11.6 Å². The molecule has 2 aliphatic heterocycles. The van der Waals surface area contributed by atoms with Crippen molar-refractivity contribution in [3.63, 3.8) is 0 Å². The maximum atomic E-state index is 13.7. The van der Waals surface area contributed by atoms with E-state index >= 15 is 0 Å². The maximum Gasteiger partial charge on any atom is 0.413 e. The fourth-order valence-corrected chi connectivity index (χ4v) is 5.64. The van der Waals surface area contributed by atoms with Crippen LogP contribution in [0.5, 0.6) is 0 Å². The molecule has 2 saturated carbocycles. The maximum absolute atomic E-state index is 13.7. The molecule has 0 radical (unpaired) electrons. The molecule has 2 saturated heterocycles. The van der Waals surface area contributed by atoms with Crippen LogP contribution in [0.15, 0.2) is 4.99 Å². The molecule has 1 atom stereocenters. The number of nitriles is 1. The van der Waals surface area contributed by atoms with Crippen LogP contribution in [0.1, 0.15) is 72.1 Å². The number of carbonyl (C=O) groups is 2. The number of likely N-dealkylation sites (tertiary alicyclic amines) is 1. The Balaban J connectivity index is 0.00000400. The number of guanidine groups is 1. The summed E-state index contributed by atoms with van der Waals surface area (Å²) in [6, 6.07) is 1.71.